The topological polar surface area (TPSA) is 79.8 Å². The number of aromatic nitrogens is 2. The van der Waals surface area contributed by atoms with Crippen LogP contribution in [-0.2, 0) is 0 Å². The highest BCUT2D eigenvalue weighted by atomic mass is 35.5. The maximum absolute atomic E-state index is 13.4. The summed E-state index contributed by atoms with van der Waals surface area (Å²) < 4.78 is 25.3. The third kappa shape index (κ3) is 5.41. The molecule has 190 valence electrons. The number of halogens is 2. The Morgan fingerprint density at radius 3 is 2.53 bits per heavy atom. The molecular weight excluding hydrogens is 485 g/mol. The van der Waals surface area contributed by atoms with Gasteiger partial charge in [-0.3, -0.25) is 0 Å². The predicted octanol–water partition coefficient (Wildman–Crippen LogP) is 5.62. The van der Waals surface area contributed by atoms with Crippen LogP contribution < -0.4 is 14.8 Å². The number of piperidine rings is 2. The molecule has 2 amide bonds. The highest BCUT2D eigenvalue weighted by Crippen LogP contribution is 2.34. The summed E-state index contributed by atoms with van der Waals surface area (Å²) in [5.74, 6) is 1.06. The van der Waals surface area contributed by atoms with E-state index in [1.165, 1.54) is 18.6 Å². The fraction of sp³-hybridized carbons (Fsp3) is 0.423. The van der Waals surface area contributed by atoms with Crippen molar-refractivity contribution in [3.63, 3.8) is 0 Å². The number of hydrogen-bond acceptors (Lipinski definition) is 6. The van der Waals surface area contributed by atoms with Crippen LogP contribution in [0.4, 0.5) is 20.8 Å². The molecule has 0 saturated carbocycles. The molecule has 0 atom stereocenters. The zero-order chi connectivity index (χ0) is 25.1. The molecule has 2 aromatic carbocycles. The number of likely N-dealkylation sites (tertiary alicyclic amines) is 2. The van der Waals surface area contributed by atoms with Gasteiger partial charge in [-0.25, -0.2) is 19.2 Å². The summed E-state index contributed by atoms with van der Waals surface area (Å²) in [6, 6.07) is 8.17. The molecule has 36 heavy (non-hydrogen) atoms. The maximum atomic E-state index is 13.4. The van der Waals surface area contributed by atoms with Crippen molar-refractivity contribution in [3.8, 4) is 11.5 Å². The number of carbonyl (C=O) groups excluding carboxylic acids is 1. The number of amides is 2. The molecule has 2 aliphatic rings. The van der Waals surface area contributed by atoms with Crippen LogP contribution in [0.2, 0.25) is 5.02 Å². The highest BCUT2D eigenvalue weighted by molar-refractivity contribution is 6.31. The van der Waals surface area contributed by atoms with E-state index in [-0.39, 0.29) is 17.2 Å². The Morgan fingerprint density at radius 2 is 1.81 bits per heavy atom. The van der Waals surface area contributed by atoms with E-state index in [0.29, 0.717) is 41.7 Å². The van der Waals surface area contributed by atoms with E-state index in [9.17, 15) is 9.18 Å². The quantitative estimate of drug-likeness (QED) is 0.476. The van der Waals surface area contributed by atoms with Gasteiger partial charge in [0.15, 0.2) is 11.5 Å². The van der Waals surface area contributed by atoms with Crippen LogP contribution in [0.15, 0.2) is 36.5 Å². The summed E-state index contributed by atoms with van der Waals surface area (Å²) in [6.07, 6.45) is 6.61. The van der Waals surface area contributed by atoms with Crippen LogP contribution in [0.5, 0.6) is 11.5 Å². The van der Waals surface area contributed by atoms with Crippen molar-refractivity contribution in [2.45, 2.75) is 38.2 Å². The Labute approximate surface area is 214 Å². The molecular formula is C26H29ClFN5O3. The molecule has 1 aromatic heterocycles. The van der Waals surface area contributed by atoms with Gasteiger partial charge in [-0.2, -0.15) is 0 Å². The summed E-state index contributed by atoms with van der Waals surface area (Å²) in [6.45, 7) is 3.09. The van der Waals surface area contributed by atoms with Gasteiger partial charge in [-0.1, -0.05) is 11.6 Å². The standard InChI is InChI=1S/C26H29ClFN5O3/c1-35-23-15-22-17(16-29-25(31-22)30-18-5-6-21(28)20(27)14-18)13-24(23)36-19-7-11-33(12-8-19)26(34)32-9-3-2-4-10-32/h5-6,13-16,19H,2-4,7-12H2,1H3,(H,29,30,31). The minimum absolute atomic E-state index is 0.00756. The molecule has 0 unspecified atom stereocenters. The number of fused-ring (bicyclic) bond motifs is 1. The lowest BCUT2D eigenvalue weighted by Gasteiger charge is -2.37. The summed E-state index contributed by atoms with van der Waals surface area (Å²) in [7, 11) is 1.59. The first-order chi connectivity index (χ1) is 17.5. The number of anilines is 2. The zero-order valence-electron chi connectivity index (χ0n) is 20.2. The van der Waals surface area contributed by atoms with E-state index in [1.54, 1.807) is 19.4 Å². The molecule has 2 aliphatic heterocycles. The number of nitrogens with zero attached hydrogens (tertiary/aromatic N) is 4. The van der Waals surface area contributed by atoms with Crippen LogP contribution in [-0.4, -0.2) is 65.2 Å². The second-order valence-electron chi connectivity index (χ2n) is 9.14. The maximum Gasteiger partial charge on any atom is 0.320 e. The fourth-order valence-corrected chi connectivity index (χ4v) is 4.86. The van der Waals surface area contributed by atoms with Gasteiger partial charge in [0, 0.05) is 62.4 Å². The molecule has 8 nitrogen and oxygen atoms in total. The Bertz CT molecular complexity index is 1250. The van der Waals surface area contributed by atoms with Crippen molar-refractivity contribution in [1.82, 2.24) is 19.8 Å². The van der Waals surface area contributed by atoms with Gasteiger partial charge < -0.3 is 24.6 Å². The predicted molar refractivity (Wildman–Crippen MR) is 137 cm³/mol. The van der Waals surface area contributed by atoms with Crippen LogP contribution >= 0.6 is 11.6 Å². The number of nitrogens with one attached hydrogen (secondary N) is 1. The van der Waals surface area contributed by atoms with E-state index in [0.717, 1.165) is 44.2 Å². The monoisotopic (exact) mass is 513 g/mol. The number of hydrogen-bond donors (Lipinski definition) is 1. The molecule has 3 heterocycles. The van der Waals surface area contributed by atoms with Gasteiger partial charge in [0.05, 0.1) is 17.6 Å². The van der Waals surface area contributed by atoms with Crippen molar-refractivity contribution in [2.24, 2.45) is 0 Å². The lowest BCUT2D eigenvalue weighted by Crippen LogP contribution is -2.49. The van der Waals surface area contributed by atoms with Crippen LogP contribution in [0.3, 0.4) is 0 Å². The van der Waals surface area contributed by atoms with E-state index >= 15 is 0 Å². The first kappa shape index (κ1) is 24.4. The number of carbonyl (C=O) groups is 1. The van der Waals surface area contributed by atoms with Crippen molar-refractivity contribution >= 4 is 40.2 Å². The van der Waals surface area contributed by atoms with Crippen LogP contribution in [0.1, 0.15) is 32.1 Å². The Morgan fingerprint density at radius 1 is 1.06 bits per heavy atom. The molecule has 1 N–H and O–H groups in total. The normalized spacial score (nSPS) is 16.8. The second kappa shape index (κ2) is 10.7. The second-order valence-corrected chi connectivity index (χ2v) is 9.55. The Kier molecular flexibility index (Phi) is 7.27. The molecule has 0 spiro atoms. The largest absolute Gasteiger partial charge is 0.493 e. The van der Waals surface area contributed by atoms with Crippen molar-refractivity contribution in [3.05, 3.63) is 47.4 Å². The minimum atomic E-state index is -0.488. The molecule has 0 bridgehead atoms. The minimum Gasteiger partial charge on any atom is -0.493 e. The van der Waals surface area contributed by atoms with Crippen molar-refractivity contribution < 1.29 is 18.7 Å². The molecule has 2 fully saturated rings. The molecule has 0 aliphatic carbocycles. The first-order valence-corrected chi connectivity index (χ1v) is 12.7. The number of ether oxygens (including phenoxy) is 2. The van der Waals surface area contributed by atoms with Gasteiger partial charge in [0.1, 0.15) is 11.9 Å². The van der Waals surface area contributed by atoms with E-state index < -0.39 is 5.82 Å². The van der Waals surface area contributed by atoms with Gasteiger partial charge >= 0.3 is 6.03 Å². The number of urea groups is 1. The lowest BCUT2D eigenvalue weighted by molar-refractivity contribution is 0.0898. The van der Waals surface area contributed by atoms with Gasteiger partial charge in [0.25, 0.3) is 0 Å². The van der Waals surface area contributed by atoms with E-state index in [1.807, 2.05) is 21.9 Å². The molecule has 3 aromatic rings. The zero-order valence-corrected chi connectivity index (χ0v) is 20.9. The Balaban J connectivity index is 1.25. The van der Waals surface area contributed by atoms with Crippen molar-refractivity contribution in [2.75, 3.05) is 38.6 Å². The van der Waals surface area contributed by atoms with Crippen molar-refractivity contribution in [1.29, 1.82) is 0 Å². The first-order valence-electron chi connectivity index (χ1n) is 12.3. The molecule has 0 radical (unpaired) electrons. The lowest BCUT2D eigenvalue weighted by atomic mass is 10.1. The molecule has 2 saturated heterocycles. The highest BCUT2D eigenvalue weighted by Gasteiger charge is 2.28. The van der Waals surface area contributed by atoms with Crippen LogP contribution in [0.25, 0.3) is 10.9 Å². The summed E-state index contributed by atoms with van der Waals surface area (Å²) in [4.78, 5) is 25.6. The summed E-state index contributed by atoms with van der Waals surface area (Å²) >= 11 is 5.86. The molecule has 10 heteroatoms. The molecule has 5 rings (SSSR count). The SMILES string of the molecule is COc1cc2nc(Nc3ccc(F)c(Cl)c3)ncc2cc1OC1CCN(C(=O)N2CCCCC2)CC1. The number of methoxy groups -OCH3 is 1. The third-order valence-corrected chi connectivity index (χ3v) is 6.96. The van der Waals surface area contributed by atoms with Gasteiger partial charge in [0.2, 0.25) is 5.95 Å². The number of benzene rings is 2. The third-order valence-electron chi connectivity index (χ3n) is 6.67. The summed E-state index contributed by atoms with van der Waals surface area (Å²) in [5.41, 5.74) is 1.25. The Hall–Kier alpha value is -3.33. The number of rotatable bonds is 5. The van der Waals surface area contributed by atoms with Crippen LogP contribution in [0, 0.1) is 5.82 Å². The summed E-state index contributed by atoms with van der Waals surface area (Å²) in [5, 5.41) is 3.85. The fourth-order valence-electron chi connectivity index (χ4n) is 4.68. The average Bonchev–Trinajstić information content (AvgIpc) is 2.91. The smallest absolute Gasteiger partial charge is 0.320 e. The van der Waals surface area contributed by atoms with Gasteiger partial charge in [-0.05, 0) is 43.5 Å². The van der Waals surface area contributed by atoms with Gasteiger partial charge in [-0.15, -0.1) is 0 Å². The average molecular weight is 514 g/mol. The van der Waals surface area contributed by atoms with E-state index in [4.69, 9.17) is 21.1 Å². The van der Waals surface area contributed by atoms with E-state index in [2.05, 4.69) is 15.3 Å².